The zero-order chi connectivity index (χ0) is 20.2. The van der Waals surface area contributed by atoms with Crippen molar-refractivity contribution >= 4 is 22.6 Å². The first-order valence-corrected chi connectivity index (χ1v) is 9.61. The van der Waals surface area contributed by atoms with Gasteiger partial charge in [0.15, 0.2) is 0 Å². The van der Waals surface area contributed by atoms with Gasteiger partial charge in [0, 0.05) is 17.7 Å². The number of H-pyrrole nitrogens is 1. The number of hydrogen-bond acceptors (Lipinski definition) is 3. The van der Waals surface area contributed by atoms with E-state index in [0.29, 0.717) is 12.8 Å². The smallest absolute Gasteiger partial charge is 0.224 e. The number of imidazole rings is 1. The van der Waals surface area contributed by atoms with E-state index in [1.165, 1.54) is 0 Å². The molecule has 0 saturated heterocycles. The number of ether oxygens (including phenoxy) is 1. The lowest BCUT2D eigenvalue weighted by atomic mass is 10.1. The fourth-order valence-corrected chi connectivity index (χ4v) is 3.26. The molecule has 0 aliphatic carbocycles. The maximum absolute atomic E-state index is 12.5. The number of aromatic nitrogens is 2. The first-order chi connectivity index (χ1) is 14.1. The number of anilines is 1. The number of methoxy groups -OCH3 is 1. The summed E-state index contributed by atoms with van der Waals surface area (Å²) in [6.45, 7) is 1.99. The molecule has 0 aliphatic heterocycles. The van der Waals surface area contributed by atoms with Crippen molar-refractivity contribution in [3.8, 4) is 17.1 Å². The van der Waals surface area contributed by atoms with Crippen molar-refractivity contribution in [1.29, 1.82) is 0 Å². The maximum Gasteiger partial charge on any atom is 0.224 e. The molecule has 0 bridgehead atoms. The summed E-state index contributed by atoms with van der Waals surface area (Å²) in [4.78, 5) is 20.5. The highest BCUT2D eigenvalue weighted by atomic mass is 16.5. The molecule has 5 nitrogen and oxygen atoms in total. The lowest BCUT2D eigenvalue weighted by molar-refractivity contribution is -0.116. The van der Waals surface area contributed by atoms with Crippen LogP contribution >= 0.6 is 0 Å². The summed E-state index contributed by atoms with van der Waals surface area (Å²) in [5.41, 5.74) is 5.79. The van der Waals surface area contributed by atoms with E-state index in [1.54, 1.807) is 7.11 Å². The van der Waals surface area contributed by atoms with Gasteiger partial charge < -0.3 is 15.0 Å². The van der Waals surface area contributed by atoms with Crippen LogP contribution in [0.15, 0.2) is 66.7 Å². The van der Waals surface area contributed by atoms with Gasteiger partial charge in [-0.2, -0.15) is 0 Å². The molecule has 4 rings (SSSR count). The van der Waals surface area contributed by atoms with Crippen molar-refractivity contribution in [3.05, 3.63) is 77.9 Å². The standard InChI is InChI=1S/C24H23N3O2/c1-16-7-11-18(24-26-20-5-3-4-6-21(20)27-24)15-22(16)25-23(28)14-10-17-8-12-19(29-2)13-9-17/h3-9,11-13,15H,10,14H2,1-2H3,(H,25,28)(H,26,27). The quantitative estimate of drug-likeness (QED) is 0.484. The van der Waals surface area contributed by atoms with Crippen LogP contribution in [-0.4, -0.2) is 23.0 Å². The van der Waals surface area contributed by atoms with Gasteiger partial charge in [-0.1, -0.05) is 36.4 Å². The van der Waals surface area contributed by atoms with E-state index in [9.17, 15) is 4.79 Å². The van der Waals surface area contributed by atoms with Gasteiger partial charge in [0.25, 0.3) is 0 Å². The molecule has 0 spiro atoms. The Hall–Kier alpha value is -3.60. The molecule has 2 N–H and O–H groups in total. The number of nitrogens with one attached hydrogen (secondary N) is 2. The minimum atomic E-state index is -0.00864. The SMILES string of the molecule is COc1ccc(CCC(=O)Nc2cc(-c3nc4ccccc4[nH]3)ccc2C)cc1. The number of para-hydroxylation sites is 2. The third-order valence-electron chi connectivity index (χ3n) is 4.97. The number of aryl methyl sites for hydroxylation is 2. The lowest BCUT2D eigenvalue weighted by Gasteiger charge is -2.10. The Morgan fingerprint density at radius 2 is 1.86 bits per heavy atom. The van der Waals surface area contributed by atoms with E-state index in [-0.39, 0.29) is 5.91 Å². The van der Waals surface area contributed by atoms with Crippen LogP contribution in [0.4, 0.5) is 5.69 Å². The number of benzene rings is 3. The molecule has 1 aromatic heterocycles. The number of aromatic amines is 1. The number of carbonyl (C=O) groups is 1. The third kappa shape index (κ3) is 4.29. The fourth-order valence-electron chi connectivity index (χ4n) is 3.26. The summed E-state index contributed by atoms with van der Waals surface area (Å²) in [5, 5.41) is 3.04. The van der Waals surface area contributed by atoms with Crippen LogP contribution in [0.25, 0.3) is 22.4 Å². The molecule has 4 aromatic rings. The van der Waals surface area contributed by atoms with Crippen molar-refractivity contribution in [2.24, 2.45) is 0 Å². The average molecular weight is 385 g/mol. The second-order valence-electron chi connectivity index (χ2n) is 7.03. The molecular weight excluding hydrogens is 362 g/mol. The molecule has 0 fully saturated rings. The molecular formula is C24H23N3O2. The van der Waals surface area contributed by atoms with E-state index < -0.39 is 0 Å². The molecule has 29 heavy (non-hydrogen) atoms. The van der Waals surface area contributed by atoms with Gasteiger partial charge in [0.2, 0.25) is 5.91 Å². The predicted octanol–water partition coefficient (Wildman–Crippen LogP) is 5.12. The summed E-state index contributed by atoms with van der Waals surface area (Å²) in [5.74, 6) is 1.60. The topological polar surface area (TPSA) is 67.0 Å². The zero-order valence-corrected chi connectivity index (χ0v) is 16.5. The van der Waals surface area contributed by atoms with Gasteiger partial charge in [0.1, 0.15) is 11.6 Å². The molecule has 0 radical (unpaired) electrons. The Kier molecular flexibility index (Phi) is 5.29. The molecule has 0 saturated carbocycles. The van der Waals surface area contributed by atoms with E-state index >= 15 is 0 Å². The van der Waals surface area contributed by atoms with Crippen LogP contribution in [0.3, 0.4) is 0 Å². The van der Waals surface area contributed by atoms with E-state index in [2.05, 4.69) is 15.3 Å². The molecule has 1 amide bonds. The van der Waals surface area contributed by atoms with Crippen molar-refractivity contribution in [2.45, 2.75) is 19.8 Å². The average Bonchev–Trinajstić information content (AvgIpc) is 3.18. The van der Waals surface area contributed by atoms with E-state index in [1.807, 2.05) is 73.7 Å². The van der Waals surface area contributed by atoms with Crippen LogP contribution in [0.2, 0.25) is 0 Å². The summed E-state index contributed by atoms with van der Waals surface area (Å²) in [7, 11) is 1.64. The largest absolute Gasteiger partial charge is 0.497 e. The monoisotopic (exact) mass is 385 g/mol. The Morgan fingerprint density at radius 3 is 2.62 bits per heavy atom. The summed E-state index contributed by atoms with van der Waals surface area (Å²) < 4.78 is 5.17. The van der Waals surface area contributed by atoms with E-state index in [4.69, 9.17) is 4.74 Å². The van der Waals surface area contributed by atoms with Crippen LogP contribution in [0.1, 0.15) is 17.5 Å². The normalized spacial score (nSPS) is 10.8. The summed E-state index contributed by atoms with van der Waals surface area (Å²) in [6.07, 6.45) is 1.10. The van der Waals surface area contributed by atoms with Crippen LogP contribution < -0.4 is 10.1 Å². The Balaban J connectivity index is 1.46. The van der Waals surface area contributed by atoms with Crippen molar-refractivity contribution < 1.29 is 9.53 Å². The molecule has 0 atom stereocenters. The summed E-state index contributed by atoms with van der Waals surface area (Å²) in [6, 6.07) is 21.7. The molecule has 3 aromatic carbocycles. The van der Waals surface area contributed by atoms with Gasteiger partial charge in [-0.25, -0.2) is 4.98 Å². The highest BCUT2D eigenvalue weighted by Crippen LogP contribution is 2.25. The lowest BCUT2D eigenvalue weighted by Crippen LogP contribution is -2.13. The van der Waals surface area contributed by atoms with Crippen LogP contribution in [0.5, 0.6) is 5.75 Å². The minimum absolute atomic E-state index is 0.00864. The van der Waals surface area contributed by atoms with E-state index in [0.717, 1.165) is 45.0 Å². The van der Waals surface area contributed by atoms with Crippen molar-refractivity contribution in [3.63, 3.8) is 0 Å². The fraction of sp³-hybridized carbons (Fsp3) is 0.167. The summed E-state index contributed by atoms with van der Waals surface area (Å²) >= 11 is 0. The molecule has 1 heterocycles. The van der Waals surface area contributed by atoms with Gasteiger partial charge in [-0.3, -0.25) is 4.79 Å². The van der Waals surface area contributed by atoms with Crippen LogP contribution in [0, 0.1) is 6.92 Å². The molecule has 0 unspecified atom stereocenters. The number of rotatable bonds is 6. The molecule has 146 valence electrons. The first kappa shape index (κ1) is 18.7. The predicted molar refractivity (Wildman–Crippen MR) is 116 cm³/mol. The number of nitrogens with zero attached hydrogens (tertiary/aromatic N) is 1. The first-order valence-electron chi connectivity index (χ1n) is 9.61. The number of hydrogen-bond donors (Lipinski definition) is 2. The second-order valence-corrected chi connectivity index (χ2v) is 7.03. The van der Waals surface area contributed by atoms with Gasteiger partial charge in [0.05, 0.1) is 18.1 Å². The zero-order valence-electron chi connectivity index (χ0n) is 16.5. The van der Waals surface area contributed by atoms with Gasteiger partial charge in [-0.05, 0) is 54.8 Å². The van der Waals surface area contributed by atoms with Crippen molar-refractivity contribution in [2.75, 3.05) is 12.4 Å². The molecule has 5 heteroatoms. The number of fused-ring (bicyclic) bond motifs is 1. The second kappa shape index (κ2) is 8.19. The highest BCUT2D eigenvalue weighted by Gasteiger charge is 2.10. The Bertz CT molecular complexity index is 1110. The number of carbonyl (C=O) groups excluding carboxylic acids is 1. The highest BCUT2D eigenvalue weighted by molar-refractivity contribution is 5.92. The van der Waals surface area contributed by atoms with Gasteiger partial charge >= 0.3 is 0 Å². The Labute approximate surface area is 169 Å². The maximum atomic E-state index is 12.5. The molecule has 0 aliphatic rings. The van der Waals surface area contributed by atoms with Gasteiger partial charge in [-0.15, -0.1) is 0 Å². The minimum Gasteiger partial charge on any atom is -0.497 e. The number of amides is 1. The van der Waals surface area contributed by atoms with Crippen LogP contribution in [-0.2, 0) is 11.2 Å². The Morgan fingerprint density at radius 1 is 1.07 bits per heavy atom. The third-order valence-corrected chi connectivity index (χ3v) is 4.97. The van der Waals surface area contributed by atoms with Crippen molar-refractivity contribution in [1.82, 2.24) is 9.97 Å².